The van der Waals surface area contributed by atoms with Gasteiger partial charge in [-0.05, 0) is 61.9 Å². The number of hydrogen-bond donors (Lipinski definition) is 4. The molecule has 0 unspecified atom stereocenters. The van der Waals surface area contributed by atoms with E-state index in [1.807, 2.05) is 6.92 Å². The summed E-state index contributed by atoms with van der Waals surface area (Å²) >= 11 is 29.6. The van der Waals surface area contributed by atoms with Gasteiger partial charge in [0.05, 0.1) is 48.9 Å². The van der Waals surface area contributed by atoms with E-state index in [0.717, 1.165) is 17.7 Å². The summed E-state index contributed by atoms with van der Waals surface area (Å²) < 4.78 is 14.6. The maximum atomic E-state index is 13.2. The van der Waals surface area contributed by atoms with Crippen molar-refractivity contribution in [3.63, 3.8) is 0 Å². The van der Waals surface area contributed by atoms with Crippen LogP contribution in [0.25, 0.3) is 5.69 Å². The zero-order valence-electron chi connectivity index (χ0n) is 23.3. The van der Waals surface area contributed by atoms with Crippen molar-refractivity contribution in [3.8, 4) is 17.2 Å². The number of phenols is 2. The van der Waals surface area contributed by atoms with E-state index in [1.54, 1.807) is 49.4 Å². The number of nitrogens with zero attached hydrogens (tertiary/aromatic N) is 2. The van der Waals surface area contributed by atoms with Gasteiger partial charge in [0, 0.05) is 22.8 Å². The quantitative estimate of drug-likeness (QED) is 0.136. The first-order valence-corrected chi connectivity index (χ1v) is 14.7. The van der Waals surface area contributed by atoms with Crippen molar-refractivity contribution in [2.75, 3.05) is 10.6 Å². The summed E-state index contributed by atoms with van der Waals surface area (Å²) in [4.78, 5) is 24.3. The van der Waals surface area contributed by atoms with Crippen LogP contribution in [0.3, 0.4) is 0 Å². The Bertz CT molecular complexity index is 1920. The smallest absolute Gasteiger partial charge is 0.258 e. The molecule has 0 aliphatic heterocycles. The maximum Gasteiger partial charge on any atom is 0.258 e. The van der Waals surface area contributed by atoms with Crippen molar-refractivity contribution in [1.82, 2.24) is 9.78 Å². The number of amides is 2. The van der Waals surface area contributed by atoms with Gasteiger partial charge in [0.15, 0.2) is 11.5 Å². The molecule has 0 saturated heterocycles. The van der Waals surface area contributed by atoms with Crippen LogP contribution < -0.4 is 10.6 Å². The van der Waals surface area contributed by atoms with Crippen molar-refractivity contribution in [2.24, 2.45) is 0 Å². The summed E-state index contributed by atoms with van der Waals surface area (Å²) in [5.41, 5.74) is 2.91. The number of hydrogen-bond acceptors (Lipinski definition) is 5. The Morgan fingerprint density at radius 1 is 0.733 bits per heavy atom. The van der Waals surface area contributed by atoms with Gasteiger partial charge in [-0.25, -0.2) is 9.07 Å². The second-order valence-electron chi connectivity index (χ2n) is 9.52. The highest BCUT2D eigenvalue weighted by atomic mass is 35.5. The molecule has 0 spiro atoms. The maximum absolute atomic E-state index is 13.2. The molecule has 2 amide bonds. The van der Waals surface area contributed by atoms with Gasteiger partial charge in [-0.2, -0.15) is 5.10 Å². The Morgan fingerprint density at radius 3 is 2.00 bits per heavy atom. The Kier molecular flexibility index (Phi) is 10.9. The van der Waals surface area contributed by atoms with E-state index in [2.05, 4.69) is 15.7 Å². The van der Waals surface area contributed by atoms with Crippen LogP contribution in [0.4, 0.5) is 15.8 Å². The van der Waals surface area contributed by atoms with E-state index < -0.39 is 17.6 Å². The molecule has 0 bridgehead atoms. The Hall–Kier alpha value is -3.99. The van der Waals surface area contributed by atoms with Crippen LogP contribution in [-0.4, -0.2) is 31.8 Å². The third-order valence-electron chi connectivity index (χ3n) is 6.27. The van der Waals surface area contributed by atoms with E-state index in [4.69, 9.17) is 58.0 Å². The summed E-state index contributed by atoms with van der Waals surface area (Å²) in [7, 11) is 0. The summed E-state index contributed by atoms with van der Waals surface area (Å²) in [5, 5.41) is 29.9. The molecule has 0 atom stereocenters. The lowest BCUT2D eigenvalue weighted by Gasteiger charge is -2.11. The van der Waals surface area contributed by atoms with E-state index >= 15 is 0 Å². The number of phenolic OH excluding ortho intramolecular Hbond substituents is 2. The Labute approximate surface area is 281 Å². The number of aromatic hydroxyl groups is 2. The molecule has 4 aromatic carbocycles. The third-order valence-corrected chi connectivity index (χ3v) is 8.15. The lowest BCUT2D eigenvalue weighted by Crippen LogP contribution is -2.12. The number of carbonyl (C=O) groups excluding carboxylic acids is 2. The molecule has 0 aliphatic carbocycles. The first-order valence-electron chi connectivity index (χ1n) is 12.8. The van der Waals surface area contributed by atoms with Gasteiger partial charge in [-0.3, -0.25) is 9.59 Å². The van der Waals surface area contributed by atoms with Crippen molar-refractivity contribution >= 4 is 81.2 Å². The number of halogens is 6. The topological polar surface area (TPSA) is 116 Å². The van der Waals surface area contributed by atoms with Gasteiger partial charge in [0.1, 0.15) is 5.82 Å². The van der Waals surface area contributed by atoms with Gasteiger partial charge in [-0.1, -0.05) is 75.7 Å². The SMILES string of the molecule is Cc1c(Cl)cc(NC(=O)c2cnn(-c3ccc(Cl)c(Cl)c3)c2)c(O)c1Cl.Cc1ccc(C(=O)Nc2cc(F)cc(Cl)c2O)cc1. The van der Waals surface area contributed by atoms with E-state index in [-0.39, 0.29) is 38.5 Å². The molecule has 1 heterocycles. The van der Waals surface area contributed by atoms with Gasteiger partial charge < -0.3 is 20.8 Å². The van der Waals surface area contributed by atoms with Crippen LogP contribution in [-0.2, 0) is 0 Å². The van der Waals surface area contributed by atoms with Gasteiger partial charge in [0.25, 0.3) is 11.8 Å². The lowest BCUT2D eigenvalue weighted by atomic mass is 10.1. The zero-order chi connectivity index (χ0) is 33.0. The van der Waals surface area contributed by atoms with Crippen molar-refractivity contribution in [2.45, 2.75) is 13.8 Å². The van der Waals surface area contributed by atoms with E-state index in [0.29, 0.717) is 31.9 Å². The number of aromatic nitrogens is 2. The van der Waals surface area contributed by atoms with Crippen LogP contribution in [0.5, 0.6) is 11.5 Å². The molecule has 0 fully saturated rings. The fraction of sp³-hybridized carbons (Fsp3) is 0.0645. The predicted octanol–water partition coefficient (Wildman–Crippen LogP) is 9.50. The zero-order valence-corrected chi connectivity index (χ0v) is 27.1. The summed E-state index contributed by atoms with van der Waals surface area (Å²) in [5.74, 6) is -2.18. The average molecular weight is 711 g/mol. The van der Waals surface area contributed by atoms with Gasteiger partial charge in [-0.15, -0.1) is 0 Å². The molecule has 4 N–H and O–H groups in total. The highest BCUT2D eigenvalue weighted by molar-refractivity contribution is 6.42. The summed E-state index contributed by atoms with van der Waals surface area (Å²) in [6, 6.07) is 15.2. The molecule has 232 valence electrons. The first-order chi connectivity index (χ1) is 21.2. The molecule has 0 radical (unpaired) electrons. The average Bonchev–Trinajstić information content (AvgIpc) is 3.50. The number of carbonyl (C=O) groups is 2. The highest BCUT2D eigenvalue weighted by Gasteiger charge is 2.17. The normalized spacial score (nSPS) is 10.6. The van der Waals surface area contributed by atoms with Crippen LogP contribution >= 0.6 is 58.0 Å². The summed E-state index contributed by atoms with van der Waals surface area (Å²) in [6.07, 6.45) is 2.90. The Morgan fingerprint density at radius 2 is 1.36 bits per heavy atom. The second kappa shape index (κ2) is 14.4. The number of anilines is 2. The number of rotatable bonds is 5. The molecule has 0 saturated carbocycles. The van der Waals surface area contributed by atoms with Crippen molar-refractivity contribution < 1.29 is 24.2 Å². The molecule has 45 heavy (non-hydrogen) atoms. The molecule has 0 aliphatic rings. The number of benzene rings is 4. The third kappa shape index (κ3) is 8.19. The minimum atomic E-state index is -0.637. The standard InChI is InChI=1S/C17H11Cl4N3O2.C14H11ClFNO2/c1-8-12(19)5-14(16(25)15(8)21)23-17(26)9-6-22-24(7-9)10-2-3-11(18)13(20)4-10;1-8-2-4-9(5-3-8)14(19)17-12-7-10(16)6-11(15)13(12)18/h2-7,25H,1H3,(H,23,26);2-7,18H,1H3,(H,17,19). The molecule has 8 nitrogen and oxygen atoms in total. The van der Waals surface area contributed by atoms with Crippen LogP contribution in [0, 0.1) is 19.7 Å². The number of aryl methyl sites for hydroxylation is 1. The summed E-state index contributed by atoms with van der Waals surface area (Å²) in [6.45, 7) is 3.57. The Balaban J connectivity index is 0.000000215. The molecular formula is C31H22Cl5FN4O4. The fourth-order valence-electron chi connectivity index (χ4n) is 3.76. The van der Waals surface area contributed by atoms with Gasteiger partial charge in [0.2, 0.25) is 0 Å². The number of nitrogens with one attached hydrogen (secondary N) is 2. The molecule has 1 aromatic heterocycles. The van der Waals surface area contributed by atoms with E-state index in [9.17, 15) is 24.2 Å². The molecule has 5 rings (SSSR count). The minimum Gasteiger partial charge on any atom is -0.504 e. The largest absolute Gasteiger partial charge is 0.504 e. The molecular weight excluding hydrogens is 689 g/mol. The van der Waals surface area contributed by atoms with Crippen LogP contribution in [0.15, 0.2) is 73.1 Å². The van der Waals surface area contributed by atoms with Crippen molar-refractivity contribution in [3.05, 3.63) is 126 Å². The van der Waals surface area contributed by atoms with Gasteiger partial charge >= 0.3 is 0 Å². The predicted molar refractivity (Wildman–Crippen MR) is 177 cm³/mol. The van der Waals surface area contributed by atoms with Crippen LogP contribution in [0.1, 0.15) is 31.8 Å². The first kappa shape index (κ1) is 33.9. The van der Waals surface area contributed by atoms with E-state index in [1.165, 1.54) is 23.1 Å². The second-order valence-corrected chi connectivity index (χ2v) is 11.5. The lowest BCUT2D eigenvalue weighted by molar-refractivity contribution is 0.101. The minimum absolute atomic E-state index is 0.0597. The fourth-order valence-corrected chi connectivity index (χ4v) is 4.72. The van der Waals surface area contributed by atoms with Crippen molar-refractivity contribution in [1.29, 1.82) is 0 Å². The highest BCUT2D eigenvalue weighted by Crippen LogP contribution is 2.39. The van der Waals surface area contributed by atoms with Crippen LogP contribution in [0.2, 0.25) is 25.1 Å². The molecule has 5 aromatic rings. The molecule has 14 heteroatoms. The monoisotopic (exact) mass is 708 g/mol.